The molecule has 0 radical (unpaired) electrons. The molecule has 1 amide bonds. The fourth-order valence-corrected chi connectivity index (χ4v) is 3.91. The molecule has 0 aliphatic carbocycles. The van der Waals surface area contributed by atoms with Crippen molar-refractivity contribution < 1.29 is 9.21 Å². The van der Waals surface area contributed by atoms with Crippen molar-refractivity contribution in [2.24, 2.45) is 11.8 Å². The summed E-state index contributed by atoms with van der Waals surface area (Å²) in [5.74, 6) is 2.12. The first kappa shape index (κ1) is 17.0. The number of likely N-dealkylation sites (tertiary alicyclic amines) is 1. The minimum Gasteiger partial charge on any atom is -0.411 e. The molecule has 1 saturated heterocycles. The second-order valence-corrected chi connectivity index (χ2v) is 7.70. The van der Waals surface area contributed by atoms with Crippen molar-refractivity contribution in [2.45, 2.75) is 32.4 Å². The molecule has 24 heavy (non-hydrogen) atoms. The van der Waals surface area contributed by atoms with E-state index in [1.807, 2.05) is 36.1 Å². The number of hydrogen-bond donors (Lipinski definition) is 0. The average Bonchev–Trinajstić information content (AvgIpc) is 3.00. The third-order valence-electron chi connectivity index (χ3n) is 4.21. The predicted octanol–water partition coefficient (Wildman–Crippen LogP) is 3.64. The summed E-state index contributed by atoms with van der Waals surface area (Å²) in [5, 5.41) is 8.57. The van der Waals surface area contributed by atoms with E-state index in [-0.39, 0.29) is 5.91 Å². The highest BCUT2D eigenvalue weighted by atomic mass is 32.2. The van der Waals surface area contributed by atoms with Gasteiger partial charge in [-0.05, 0) is 37.3 Å². The van der Waals surface area contributed by atoms with Gasteiger partial charge in [-0.1, -0.05) is 43.3 Å². The molecule has 0 N–H and O–H groups in total. The molecule has 128 valence electrons. The number of thioether (sulfide) groups is 1. The van der Waals surface area contributed by atoms with Crippen LogP contribution in [0, 0.1) is 18.8 Å². The number of carbonyl (C=O) groups excluding carboxylic acids is 1. The Morgan fingerprint density at radius 3 is 2.75 bits per heavy atom. The molecule has 0 bridgehead atoms. The summed E-state index contributed by atoms with van der Waals surface area (Å²) < 4.78 is 5.67. The molecule has 1 aromatic heterocycles. The monoisotopic (exact) mass is 345 g/mol. The molecule has 2 aromatic rings. The van der Waals surface area contributed by atoms with Crippen LogP contribution < -0.4 is 0 Å². The van der Waals surface area contributed by atoms with Crippen LogP contribution in [-0.2, 0) is 4.79 Å². The van der Waals surface area contributed by atoms with Gasteiger partial charge in [-0.3, -0.25) is 4.79 Å². The van der Waals surface area contributed by atoms with Crippen molar-refractivity contribution in [3.05, 3.63) is 29.8 Å². The van der Waals surface area contributed by atoms with Gasteiger partial charge in [-0.2, -0.15) is 0 Å². The van der Waals surface area contributed by atoms with Gasteiger partial charge >= 0.3 is 0 Å². The Kier molecular flexibility index (Phi) is 5.23. The van der Waals surface area contributed by atoms with E-state index in [0.717, 1.165) is 24.2 Å². The smallest absolute Gasteiger partial charge is 0.277 e. The minimum atomic E-state index is 0.147. The van der Waals surface area contributed by atoms with Crippen LogP contribution >= 0.6 is 11.8 Å². The van der Waals surface area contributed by atoms with Crippen molar-refractivity contribution in [1.29, 1.82) is 0 Å². The summed E-state index contributed by atoms with van der Waals surface area (Å²) >= 11 is 1.31. The highest BCUT2D eigenvalue weighted by Crippen LogP contribution is 2.25. The van der Waals surface area contributed by atoms with E-state index in [1.165, 1.54) is 18.2 Å². The van der Waals surface area contributed by atoms with Gasteiger partial charge in [0.25, 0.3) is 5.22 Å². The lowest BCUT2D eigenvalue weighted by Gasteiger charge is -2.34. The van der Waals surface area contributed by atoms with Gasteiger partial charge < -0.3 is 9.32 Å². The quantitative estimate of drug-likeness (QED) is 0.792. The Hall–Kier alpha value is -1.82. The van der Waals surface area contributed by atoms with E-state index in [9.17, 15) is 4.79 Å². The van der Waals surface area contributed by atoms with E-state index < -0.39 is 0 Å². The van der Waals surface area contributed by atoms with Crippen LogP contribution in [0.1, 0.15) is 25.8 Å². The second-order valence-electron chi connectivity index (χ2n) is 6.78. The molecule has 1 aromatic carbocycles. The van der Waals surface area contributed by atoms with Crippen molar-refractivity contribution >= 4 is 17.7 Å². The third kappa shape index (κ3) is 4.17. The molecule has 1 aliphatic heterocycles. The highest BCUT2D eigenvalue weighted by Gasteiger charge is 2.25. The standard InChI is InChI=1S/C18H23N3O2S/c1-12-5-4-6-15(8-12)17-19-20-18(23-17)24-11-16(22)21-9-13(2)7-14(3)10-21/h4-6,8,13-14H,7,9-11H2,1-3H3/t13-,14-/m1/s1. The predicted molar refractivity (Wildman–Crippen MR) is 94.7 cm³/mol. The number of benzene rings is 1. The van der Waals surface area contributed by atoms with Crippen molar-refractivity contribution in [3.8, 4) is 11.5 Å². The molecule has 0 saturated carbocycles. The maximum atomic E-state index is 12.4. The van der Waals surface area contributed by atoms with Crippen LogP contribution in [0.4, 0.5) is 0 Å². The molecular weight excluding hydrogens is 322 g/mol. The number of aryl methyl sites for hydroxylation is 1. The van der Waals surface area contributed by atoms with Gasteiger partial charge in [0, 0.05) is 18.7 Å². The molecule has 2 atom stereocenters. The summed E-state index contributed by atoms with van der Waals surface area (Å²) in [6.45, 7) is 8.13. The Balaban J connectivity index is 1.58. The molecule has 6 heteroatoms. The normalized spacial score (nSPS) is 21.0. The molecule has 5 nitrogen and oxygen atoms in total. The van der Waals surface area contributed by atoms with Crippen LogP contribution in [0.2, 0.25) is 0 Å². The van der Waals surface area contributed by atoms with E-state index in [2.05, 4.69) is 24.0 Å². The van der Waals surface area contributed by atoms with E-state index in [1.54, 1.807) is 0 Å². The van der Waals surface area contributed by atoms with Gasteiger partial charge in [-0.25, -0.2) is 0 Å². The van der Waals surface area contributed by atoms with Gasteiger partial charge in [0.2, 0.25) is 11.8 Å². The van der Waals surface area contributed by atoms with Crippen molar-refractivity contribution in [1.82, 2.24) is 15.1 Å². The fourth-order valence-electron chi connectivity index (χ4n) is 3.24. The molecule has 0 unspecified atom stereocenters. The zero-order valence-electron chi connectivity index (χ0n) is 14.4. The van der Waals surface area contributed by atoms with Gasteiger partial charge in [0.05, 0.1) is 5.75 Å². The zero-order chi connectivity index (χ0) is 17.1. The maximum absolute atomic E-state index is 12.4. The van der Waals surface area contributed by atoms with Gasteiger partial charge in [-0.15, -0.1) is 10.2 Å². The fraction of sp³-hybridized carbons (Fsp3) is 0.500. The summed E-state index contributed by atoms with van der Waals surface area (Å²) in [5.41, 5.74) is 2.04. The lowest BCUT2D eigenvalue weighted by molar-refractivity contribution is -0.130. The first-order chi connectivity index (χ1) is 11.5. The number of hydrogen-bond acceptors (Lipinski definition) is 5. The third-order valence-corrected chi connectivity index (χ3v) is 5.02. The first-order valence-corrected chi connectivity index (χ1v) is 9.31. The average molecular weight is 345 g/mol. The van der Waals surface area contributed by atoms with Crippen LogP contribution in [-0.4, -0.2) is 39.8 Å². The minimum absolute atomic E-state index is 0.147. The number of amides is 1. The number of carbonyl (C=O) groups is 1. The number of nitrogens with zero attached hydrogens (tertiary/aromatic N) is 3. The Bertz CT molecular complexity index is 706. The van der Waals surface area contributed by atoms with Crippen molar-refractivity contribution in [3.63, 3.8) is 0 Å². The molecule has 1 fully saturated rings. The van der Waals surface area contributed by atoms with Crippen LogP contribution in [0.25, 0.3) is 11.5 Å². The summed E-state index contributed by atoms with van der Waals surface area (Å²) in [6, 6.07) is 7.93. The summed E-state index contributed by atoms with van der Waals surface area (Å²) in [4.78, 5) is 14.4. The molecule has 1 aliphatic rings. The van der Waals surface area contributed by atoms with E-state index in [4.69, 9.17) is 4.42 Å². The Morgan fingerprint density at radius 1 is 1.29 bits per heavy atom. The molecule has 2 heterocycles. The number of piperidine rings is 1. The topological polar surface area (TPSA) is 59.2 Å². The first-order valence-electron chi connectivity index (χ1n) is 8.32. The Morgan fingerprint density at radius 2 is 2.04 bits per heavy atom. The number of rotatable bonds is 4. The zero-order valence-corrected chi connectivity index (χ0v) is 15.2. The summed E-state index contributed by atoms with van der Waals surface area (Å²) in [6.07, 6.45) is 1.19. The van der Waals surface area contributed by atoms with E-state index >= 15 is 0 Å². The van der Waals surface area contributed by atoms with Crippen LogP contribution in [0.5, 0.6) is 0 Å². The van der Waals surface area contributed by atoms with Crippen LogP contribution in [0.3, 0.4) is 0 Å². The Labute approximate surface area is 146 Å². The molecule has 0 spiro atoms. The van der Waals surface area contributed by atoms with Gasteiger partial charge in [0.1, 0.15) is 0 Å². The highest BCUT2D eigenvalue weighted by molar-refractivity contribution is 7.99. The molecular formula is C18H23N3O2S. The van der Waals surface area contributed by atoms with Crippen LogP contribution in [0.15, 0.2) is 33.9 Å². The maximum Gasteiger partial charge on any atom is 0.277 e. The second kappa shape index (κ2) is 7.38. The largest absolute Gasteiger partial charge is 0.411 e. The van der Waals surface area contributed by atoms with Crippen molar-refractivity contribution in [2.75, 3.05) is 18.8 Å². The number of aromatic nitrogens is 2. The summed E-state index contributed by atoms with van der Waals surface area (Å²) in [7, 11) is 0. The lowest BCUT2D eigenvalue weighted by atomic mass is 9.92. The lowest BCUT2D eigenvalue weighted by Crippen LogP contribution is -2.43. The van der Waals surface area contributed by atoms with Gasteiger partial charge in [0.15, 0.2) is 0 Å². The van der Waals surface area contributed by atoms with E-state index in [0.29, 0.717) is 28.7 Å². The SMILES string of the molecule is Cc1cccc(-c2nnc(SCC(=O)N3C[C@H](C)C[C@@H](C)C3)o2)c1. The molecule has 3 rings (SSSR count).